The quantitative estimate of drug-likeness (QED) is 0.604. The third-order valence-corrected chi connectivity index (χ3v) is 5.83. The topological polar surface area (TPSA) is 12.5 Å². The highest BCUT2D eigenvalue weighted by Crippen LogP contribution is 2.33. The molecule has 0 amide bonds. The summed E-state index contributed by atoms with van der Waals surface area (Å²) in [6, 6.07) is 12.5. The van der Waals surface area contributed by atoms with Gasteiger partial charge in [0.15, 0.2) is 0 Å². The van der Waals surface area contributed by atoms with Crippen LogP contribution in [0.1, 0.15) is 23.5 Å². The van der Waals surface area contributed by atoms with Crippen molar-refractivity contribution in [1.29, 1.82) is 0 Å². The van der Waals surface area contributed by atoms with Crippen LogP contribution in [0.4, 0.5) is 4.39 Å². The van der Waals surface area contributed by atoms with Crippen LogP contribution in [0.25, 0.3) is 0 Å². The van der Waals surface area contributed by atoms with Gasteiger partial charge in [0, 0.05) is 22.5 Å². The van der Waals surface area contributed by atoms with E-state index in [0.717, 1.165) is 25.1 Å². The van der Waals surface area contributed by atoms with Crippen LogP contribution in [0, 0.1) is 11.7 Å². The molecule has 0 saturated carbocycles. The maximum Gasteiger partial charge on any atom is 0.123 e. The Morgan fingerprint density at radius 1 is 1.12 bits per heavy atom. The van der Waals surface area contributed by atoms with Crippen LogP contribution < -0.4 is 0 Å². The van der Waals surface area contributed by atoms with Gasteiger partial charge in [-0.05, 0) is 67.7 Å². The normalized spacial score (nSPS) is 21.1. The maximum absolute atomic E-state index is 13.2. The van der Waals surface area contributed by atoms with Gasteiger partial charge >= 0.3 is 0 Å². The zero-order valence-corrected chi connectivity index (χ0v) is 16.4. The highest BCUT2D eigenvalue weighted by molar-refractivity contribution is 6.35. The minimum absolute atomic E-state index is 0.189. The molecule has 0 spiro atoms. The van der Waals surface area contributed by atoms with E-state index < -0.39 is 0 Å². The van der Waals surface area contributed by atoms with Crippen LogP contribution in [0.3, 0.4) is 0 Å². The molecule has 2 aromatic rings. The van der Waals surface area contributed by atoms with Gasteiger partial charge in [-0.3, -0.25) is 0 Å². The molecule has 26 heavy (non-hydrogen) atoms. The summed E-state index contributed by atoms with van der Waals surface area (Å²) in [4.78, 5) is 2.33. The summed E-state index contributed by atoms with van der Waals surface area (Å²) in [6.45, 7) is 3.29. The number of benzene rings is 2. The fourth-order valence-corrected chi connectivity index (χ4v) is 4.30. The van der Waals surface area contributed by atoms with Crippen molar-refractivity contribution >= 4 is 23.2 Å². The van der Waals surface area contributed by atoms with Crippen molar-refractivity contribution in [1.82, 2.24) is 4.90 Å². The van der Waals surface area contributed by atoms with Crippen LogP contribution >= 0.6 is 23.2 Å². The SMILES string of the molecule is CN1CC[C@H](c2ccc(F)cc2)C(COCCc2c(Cl)cccc2Cl)C1. The van der Waals surface area contributed by atoms with Gasteiger partial charge in [0.1, 0.15) is 5.82 Å². The predicted octanol–water partition coefficient (Wildman–Crippen LogP) is 5.43. The first-order valence-corrected chi connectivity index (χ1v) is 9.75. The number of hydrogen-bond donors (Lipinski definition) is 0. The summed E-state index contributed by atoms with van der Waals surface area (Å²) in [7, 11) is 2.14. The van der Waals surface area contributed by atoms with E-state index in [0.29, 0.717) is 41.5 Å². The first-order valence-electron chi connectivity index (χ1n) is 8.99. The van der Waals surface area contributed by atoms with Gasteiger partial charge in [0.2, 0.25) is 0 Å². The first-order chi connectivity index (χ1) is 12.5. The van der Waals surface area contributed by atoms with Crippen molar-refractivity contribution in [3.05, 3.63) is 69.5 Å². The average Bonchev–Trinajstić information content (AvgIpc) is 2.62. The van der Waals surface area contributed by atoms with E-state index in [9.17, 15) is 4.39 Å². The Hall–Kier alpha value is -1.13. The van der Waals surface area contributed by atoms with Crippen molar-refractivity contribution in [2.24, 2.45) is 5.92 Å². The number of likely N-dealkylation sites (tertiary alicyclic amines) is 1. The van der Waals surface area contributed by atoms with Crippen molar-refractivity contribution in [2.75, 3.05) is 33.4 Å². The zero-order chi connectivity index (χ0) is 18.5. The summed E-state index contributed by atoms with van der Waals surface area (Å²) < 4.78 is 19.2. The number of hydrogen-bond acceptors (Lipinski definition) is 2. The Labute approximate surface area is 164 Å². The fourth-order valence-electron chi connectivity index (χ4n) is 3.71. The molecular weight excluding hydrogens is 372 g/mol. The van der Waals surface area contributed by atoms with Gasteiger partial charge in [-0.2, -0.15) is 0 Å². The third kappa shape index (κ3) is 4.98. The number of nitrogens with zero attached hydrogens (tertiary/aromatic N) is 1. The van der Waals surface area contributed by atoms with E-state index in [-0.39, 0.29) is 5.82 Å². The molecule has 1 fully saturated rings. The van der Waals surface area contributed by atoms with Gasteiger partial charge in [0.05, 0.1) is 13.2 Å². The average molecular weight is 396 g/mol. The molecule has 1 unspecified atom stereocenters. The van der Waals surface area contributed by atoms with Crippen molar-refractivity contribution in [2.45, 2.75) is 18.8 Å². The number of rotatable bonds is 6. The van der Waals surface area contributed by atoms with Crippen LogP contribution in [0.5, 0.6) is 0 Å². The molecule has 2 nitrogen and oxygen atoms in total. The second-order valence-electron chi connectivity index (χ2n) is 6.99. The maximum atomic E-state index is 13.2. The second kappa shape index (κ2) is 9.18. The summed E-state index contributed by atoms with van der Waals surface area (Å²) in [5, 5.41) is 1.37. The van der Waals surface area contributed by atoms with Gasteiger partial charge in [-0.1, -0.05) is 41.4 Å². The molecule has 0 radical (unpaired) electrons. The lowest BCUT2D eigenvalue weighted by Gasteiger charge is -2.37. The second-order valence-corrected chi connectivity index (χ2v) is 7.81. The van der Waals surface area contributed by atoms with Gasteiger partial charge in [-0.15, -0.1) is 0 Å². The summed E-state index contributed by atoms with van der Waals surface area (Å²) in [6.07, 6.45) is 1.76. The Morgan fingerprint density at radius 2 is 1.81 bits per heavy atom. The number of ether oxygens (including phenoxy) is 1. The number of halogens is 3. The van der Waals surface area contributed by atoms with Gasteiger partial charge < -0.3 is 9.64 Å². The van der Waals surface area contributed by atoms with Crippen LogP contribution in [0.15, 0.2) is 42.5 Å². The summed E-state index contributed by atoms with van der Waals surface area (Å²) in [5.74, 6) is 0.600. The number of piperidine rings is 1. The Bertz CT molecular complexity index is 702. The van der Waals surface area contributed by atoms with E-state index in [1.165, 1.54) is 5.56 Å². The lowest BCUT2D eigenvalue weighted by atomic mass is 9.81. The molecule has 5 heteroatoms. The lowest BCUT2D eigenvalue weighted by Crippen LogP contribution is -2.39. The Kier molecular flexibility index (Phi) is 6.93. The van der Waals surface area contributed by atoms with E-state index in [4.69, 9.17) is 27.9 Å². The van der Waals surface area contributed by atoms with Crippen molar-refractivity contribution in [3.8, 4) is 0 Å². The molecule has 0 N–H and O–H groups in total. The van der Waals surface area contributed by atoms with E-state index >= 15 is 0 Å². The molecule has 0 aliphatic carbocycles. The lowest BCUT2D eigenvalue weighted by molar-refractivity contribution is 0.0576. The monoisotopic (exact) mass is 395 g/mol. The molecule has 1 aliphatic rings. The highest BCUT2D eigenvalue weighted by atomic mass is 35.5. The largest absolute Gasteiger partial charge is 0.381 e. The molecule has 0 aromatic heterocycles. The first kappa shape index (κ1) is 19.6. The smallest absolute Gasteiger partial charge is 0.123 e. The van der Waals surface area contributed by atoms with Gasteiger partial charge in [-0.25, -0.2) is 4.39 Å². The van der Waals surface area contributed by atoms with Crippen LogP contribution in [-0.2, 0) is 11.2 Å². The zero-order valence-electron chi connectivity index (χ0n) is 14.9. The minimum atomic E-state index is -0.189. The fraction of sp³-hybridized carbons (Fsp3) is 0.429. The molecule has 2 atom stereocenters. The molecule has 3 rings (SSSR count). The molecule has 140 valence electrons. The molecule has 1 saturated heterocycles. The third-order valence-electron chi connectivity index (χ3n) is 5.13. The predicted molar refractivity (Wildman–Crippen MR) is 106 cm³/mol. The molecular formula is C21H24Cl2FNO. The molecule has 1 aliphatic heterocycles. The van der Waals surface area contributed by atoms with Crippen LogP contribution in [0.2, 0.25) is 10.0 Å². The van der Waals surface area contributed by atoms with Crippen LogP contribution in [-0.4, -0.2) is 38.3 Å². The molecule has 0 bridgehead atoms. The van der Waals surface area contributed by atoms with E-state index in [1.807, 2.05) is 30.3 Å². The highest BCUT2D eigenvalue weighted by Gasteiger charge is 2.29. The standard InChI is InChI=1S/C21H24Cl2FNO/c1-25-11-9-18(15-5-7-17(24)8-6-15)16(13-25)14-26-12-10-19-20(22)3-2-4-21(19)23/h2-8,16,18H,9-14H2,1H3/t16?,18-/m1/s1. The molecule has 2 aromatic carbocycles. The van der Waals surface area contributed by atoms with Gasteiger partial charge in [0.25, 0.3) is 0 Å². The summed E-state index contributed by atoms with van der Waals surface area (Å²) in [5.41, 5.74) is 2.13. The molecule has 1 heterocycles. The van der Waals surface area contributed by atoms with Crippen molar-refractivity contribution < 1.29 is 9.13 Å². The van der Waals surface area contributed by atoms with E-state index in [2.05, 4.69) is 11.9 Å². The minimum Gasteiger partial charge on any atom is -0.381 e. The Morgan fingerprint density at radius 3 is 2.50 bits per heavy atom. The summed E-state index contributed by atoms with van der Waals surface area (Å²) >= 11 is 12.4. The van der Waals surface area contributed by atoms with Crippen molar-refractivity contribution in [3.63, 3.8) is 0 Å². The Balaban J connectivity index is 1.58. The van der Waals surface area contributed by atoms with E-state index in [1.54, 1.807) is 12.1 Å².